The van der Waals surface area contributed by atoms with E-state index in [1.54, 1.807) is 0 Å². The van der Waals surface area contributed by atoms with Crippen molar-refractivity contribution < 1.29 is 0 Å². The highest BCUT2D eigenvalue weighted by molar-refractivity contribution is 5.15. The number of hydrogen-bond donors (Lipinski definition) is 0. The van der Waals surface area contributed by atoms with E-state index in [9.17, 15) is 0 Å². The van der Waals surface area contributed by atoms with E-state index >= 15 is 0 Å². The predicted octanol–water partition coefficient (Wildman–Crippen LogP) is 3.20. The van der Waals surface area contributed by atoms with Crippen LogP contribution in [0.5, 0.6) is 0 Å². The van der Waals surface area contributed by atoms with Crippen LogP contribution in [0.4, 0.5) is 0 Å². The molecule has 2 heteroatoms. The first-order valence-corrected chi connectivity index (χ1v) is 6.49. The summed E-state index contributed by atoms with van der Waals surface area (Å²) in [6.45, 7) is 4.16. The van der Waals surface area contributed by atoms with Gasteiger partial charge < -0.3 is 0 Å². The second kappa shape index (κ2) is 5.84. The van der Waals surface area contributed by atoms with Crippen LogP contribution < -0.4 is 0 Å². The van der Waals surface area contributed by atoms with Gasteiger partial charge in [0, 0.05) is 12.6 Å². The van der Waals surface area contributed by atoms with E-state index in [-0.39, 0.29) is 5.92 Å². The summed E-state index contributed by atoms with van der Waals surface area (Å²) in [5.74, 6) is 0.138. The van der Waals surface area contributed by atoms with Crippen LogP contribution >= 0.6 is 0 Å². The summed E-state index contributed by atoms with van der Waals surface area (Å²) < 4.78 is 0. The van der Waals surface area contributed by atoms with E-state index in [4.69, 9.17) is 5.26 Å². The normalized spacial score (nSPS) is 22.9. The van der Waals surface area contributed by atoms with Crippen molar-refractivity contribution in [1.29, 1.82) is 5.26 Å². The lowest BCUT2D eigenvalue weighted by molar-refractivity contribution is 0.115. The quantitative estimate of drug-likeness (QED) is 0.794. The Kier molecular flexibility index (Phi) is 4.17. The lowest BCUT2D eigenvalue weighted by atomic mass is 9.92. The number of benzene rings is 1. The molecule has 1 aliphatic rings. The van der Waals surface area contributed by atoms with Crippen LogP contribution in [0, 0.1) is 17.2 Å². The van der Waals surface area contributed by atoms with Crippen molar-refractivity contribution in [3.63, 3.8) is 0 Å². The minimum absolute atomic E-state index is 0.138. The fourth-order valence-electron chi connectivity index (χ4n) is 2.68. The molecule has 0 saturated carbocycles. The smallest absolute Gasteiger partial charge is 0.0669 e. The van der Waals surface area contributed by atoms with Crippen molar-refractivity contribution in [2.75, 3.05) is 6.54 Å². The average Bonchev–Trinajstić information content (AvgIpc) is 2.40. The van der Waals surface area contributed by atoms with Gasteiger partial charge in [0.1, 0.15) is 0 Å². The van der Waals surface area contributed by atoms with Gasteiger partial charge in [-0.3, -0.25) is 4.90 Å². The second-order valence-electron chi connectivity index (χ2n) is 4.94. The number of nitriles is 1. The van der Waals surface area contributed by atoms with Crippen LogP contribution in [0.2, 0.25) is 0 Å². The summed E-state index contributed by atoms with van der Waals surface area (Å²) in [4.78, 5) is 2.48. The zero-order valence-corrected chi connectivity index (χ0v) is 10.5. The summed E-state index contributed by atoms with van der Waals surface area (Å²) in [5, 5.41) is 9.09. The largest absolute Gasteiger partial charge is 0.295 e. The maximum atomic E-state index is 9.09. The van der Waals surface area contributed by atoms with Gasteiger partial charge in [-0.25, -0.2) is 0 Å². The summed E-state index contributed by atoms with van der Waals surface area (Å²) in [6.07, 6.45) is 3.70. The van der Waals surface area contributed by atoms with Crippen LogP contribution in [-0.2, 0) is 6.54 Å². The molecule has 1 fully saturated rings. The third-order valence-electron chi connectivity index (χ3n) is 3.67. The Morgan fingerprint density at radius 1 is 1.35 bits per heavy atom. The maximum absolute atomic E-state index is 9.09. The zero-order valence-electron chi connectivity index (χ0n) is 10.5. The molecular weight excluding hydrogens is 208 g/mol. The Hall–Kier alpha value is -1.33. The molecule has 0 N–H and O–H groups in total. The third-order valence-corrected chi connectivity index (χ3v) is 3.67. The number of nitrogens with zero attached hydrogens (tertiary/aromatic N) is 2. The van der Waals surface area contributed by atoms with Gasteiger partial charge in [-0.2, -0.15) is 5.26 Å². The molecule has 0 aliphatic carbocycles. The second-order valence-corrected chi connectivity index (χ2v) is 4.94. The highest BCUT2D eigenvalue weighted by atomic mass is 15.2. The van der Waals surface area contributed by atoms with Crippen molar-refractivity contribution in [3.8, 4) is 6.07 Å². The van der Waals surface area contributed by atoms with Crippen LogP contribution in [0.15, 0.2) is 30.3 Å². The summed E-state index contributed by atoms with van der Waals surface area (Å²) in [5.41, 5.74) is 1.35. The first-order valence-electron chi connectivity index (χ1n) is 6.49. The molecule has 0 aromatic heterocycles. The topological polar surface area (TPSA) is 27.0 Å². The van der Waals surface area contributed by atoms with Gasteiger partial charge in [0.05, 0.1) is 12.0 Å². The van der Waals surface area contributed by atoms with E-state index in [1.807, 2.05) is 6.92 Å². The van der Waals surface area contributed by atoms with Crippen LogP contribution in [-0.4, -0.2) is 17.5 Å². The summed E-state index contributed by atoms with van der Waals surface area (Å²) >= 11 is 0. The van der Waals surface area contributed by atoms with Gasteiger partial charge in [0.2, 0.25) is 0 Å². The van der Waals surface area contributed by atoms with Crippen molar-refractivity contribution in [1.82, 2.24) is 4.90 Å². The standard InChI is InChI=1S/C15H20N2/c1-13(11-16)15-9-5-6-10-17(15)12-14-7-3-2-4-8-14/h2-4,7-8,13,15H,5-6,9-10,12H2,1H3. The molecule has 1 aliphatic heterocycles. The molecule has 17 heavy (non-hydrogen) atoms. The summed E-state index contributed by atoms with van der Waals surface area (Å²) in [6, 6.07) is 13.4. The minimum atomic E-state index is 0.138. The SMILES string of the molecule is CC(C#N)C1CCCCN1Cc1ccccc1. The molecule has 1 heterocycles. The van der Waals surface area contributed by atoms with E-state index in [0.717, 1.165) is 13.1 Å². The first kappa shape index (κ1) is 12.1. The van der Waals surface area contributed by atoms with Gasteiger partial charge in [-0.1, -0.05) is 36.8 Å². The average molecular weight is 228 g/mol. The molecule has 2 atom stereocenters. The highest BCUT2D eigenvalue weighted by Gasteiger charge is 2.26. The lowest BCUT2D eigenvalue weighted by Crippen LogP contribution is -2.42. The Bertz CT molecular complexity index is 380. The van der Waals surface area contributed by atoms with Crippen LogP contribution in [0.25, 0.3) is 0 Å². The van der Waals surface area contributed by atoms with Crippen molar-refractivity contribution in [2.24, 2.45) is 5.92 Å². The minimum Gasteiger partial charge on any atom is -0.295 e. The molecule has 0 spiro atoms. The molecule has 0 radical (unpaired) electrons. The zero-order chi connectivity index (χ0) is 12.1. The van der Waals surface area contributed by atoms with E-state index in [2.05, 4.69) is 41.3 Å². The highest BCUT2D eigenvalue weighted by Crippen LogP contribution is 2.24. The number of likely N-dealkylation sites (tertiary alicyclic amines) is 1. The van der Waals surface area contributed by atoms with Gasteiger partial charge in [0.25, 0.3) is 0 Å². The number of hydrogen-bond acceptors (Lipinski definition) is 2. The fraction of sp³-hybridized carbons (Fsp3) is 0.533. The maximum Gasteiger partial charge on any atom is 0.0669 e. The number of rotatable bonds is 3. The molecule has 1 saturated heterocycles. The summed E-state index contributed by atoms with van der Waals surface area (Å²) in [7, 11) is 0. The van der Waals surface area contributed by atoms with Crippen molar-refractivity contribution >= 4 is 0 Å². The Labute approximate surface area is 104 Å². The van der Waals surface area contributed by atoms with Gasteiger partial charge in [-0.15, -0.1) is 0 Å². The van der Waals surface area contributed by atoms with Gasteiger partial charge in [0.15, 0.2) is 0 Å². The Balaban J connectivity index is 2.05. The molecule has 2 rings (SSSR count). The van der Waals surface area contributed by atoms with E-state index in [1.165, 1.54) is 24.8 Å². The first-order chi connectivity index (χ1) is 8.31. The molecule has 1 aromatic rings. The van der Waals surface area contributed by atoms with E-state index in [0.29, 0.717) is 6.04 Å². The van der Waals surface area contributed by atoms with E-state index < -0.39 is 0 Å². The Morgan fingerprint density at radius 2 is 2.12 bits per heavy atom. The van der Waals surface area contributed by atoms with Gasteiger partial charge >= 0.3 is 0 Å². The molecular formula is C15H20N2. The van der Waals surface area contributed by atoms with Gasteiger partial charge in [-0.05, 0) is 31.9 Å². The molecule has 90 valence electrons. The predicted molar refractivity (Wildman–Crippen MR) is 69.3 cm³/mol. The monoisotopic (exact) mass is 228 g/mol. The van der Waals surface area contributed by atoms with Crippen LogP contribution in [0.1, 0.15) is 31.7 Å². The molecule has 1 aromatic carbocycles. The van der Waals surface area contributed by atoms with Crippen molar-refractivity contribution in [2.45, 2.75) is 38.8 Å². The Morgan fingerprint density at radius 3 is 2.82 bits per heavy atom. The molecule has 0 bridgehead atoms. The fourth-order valence-corrected chi connectivity index (χ4v) is 2.68. The molecule has 0 amide bonds. The number of piperidine rings is 1. The third kappa shape index (κ3) is 3.08. The lowest BCUT2D eigenvalue weighted by Gasteiger charge is -2.37. The van der Waals surface area contributed by atoms with Crippen molar-refractivity contribution in [3.05, 3.63) is 35.9 Å². The molecule has 2 nitrogen and oxygen atoms in total. The van der Waals surface area contributed by atoms with Crippen LogP contribution in [0.3, 0.4) is 0 Å². The molecule has 2 unspecified atom stereocenters.